The minimum Gasteiger partial charge on any atom is -0.346 e. The largest absolute Gasteiger partial charge is 0.346 e. The third kappa shape index (κ3) is 4.31. The van der Waals surface area contributed by atoms with E-state index in [0.717, 1.165) is 21.8 Å². The van der Waals surface area contributed by atoms with Crippen molar-refractivity contribution in [3.63, 3.8) is 0 Å². The Bertz CT molecular complexity index is 1010. The second-order valence-corrected chi connectivity index (χ2v) is 9.16. The van der Waals surface area contributed by atoms with Gasteiger partial charge in [0.05, 0.1) is 11.4 Å². The lowest BCUT2D eigenvalue weighted by Crippen LogP contribution is -2.21. The second-order valence-electron chi connectivity index (χ2n) is 5.12. The van der Waals surface area contributed by atoms with Crippen molar-refractivity contribution >= 4 is 38.6 Å². The number of nitrogens with two attached hydrogens (primary N) is 1. The number of benzene rings is 1. The van der Waals surface area contributed by atoms with Crippen molar-refractivity contribution in [1.29, 1.82) is 0 Å². The summed E-state index contributed by atoms with van der Waals surface area (Å²) in [7, 11) is -3.72. The summed E-state index contributed by atoms with van der Waals surface area (Å²) in [6, 6.07) is 12.6. The van der Waals surface area contributed by atoms with Crippen molar-refractivity contribution in [2.75, 3.05) is 0 Å². The van der Waals surface area contributed by atoms with Gasteiger partial charge >= 0.3 is 0 Å². The molecule has 0 radical (unpaired) electrons. The average molecular weight is 396 g/mol. The molecule has 130 valence electrons. The van der Waals surface area contributed by atoms with Crippen LogP contribution in [0.1, 0.15) is 14.5 Å². The SMILES string of the molecule is NS(=O)(=O)c1ccc(CNC(=O)c2ccc(-c3ccc(F)cc3)s2)s1. The van der Waals surface area contributed by atoms with Crippen molar-refractivity contribution in [3.05, 3.63) is 64.1 Å². The molecule has 0 spiro atoms. The molecule has 0 aliphatic rings. The zero-order chi connectivity index (χ0) is 18.0. The third-order valence-electron chi connectivity index (χ3n) is 3.30. The zero-order valence-corrected chi connectivity index (χ0v) is 15.2. The maximum Gasteiger partial charge on any atom is 0.261 e. The molecule has 0 saturated carbocycles. The summed E-state index contributed by atoms with van der Waals surface area (Å²) in [5, 5.41) is 7.80. The van der Waals surface area contributed by atoms with Crippen LogP contribution < -0.4 is 10.5 Å². The number of thiophene rings is 2. The first-order valence-corrected chi connectivity index (χ1v) is 10.3. The Labute approximate surface area is 152 Å². The van der Waals surface area contributed by atoms with Gasteiger partial charge < -0.3 is 5.32 Å². The van der Waals surface area contributed by atoms with Crippen molar-refractivity contribution in [2.45, 2.75) is 10.8 Å². The first-order valence-electron chi connectivity index (χ1n) is 7.08. The molecule has 2 aromatic heterocycles. The van der Waals surface area contributed by atoms with E-state index in [1.54, 1.807) is 30.3 Å². The van der Waals surface area contributed by atoms with Crippen LogP contribution in [0, 0.1) is 5.82 Å². The van der Waals surface area contributed by atoms with Gasteiger partial charge in [0.1, 0.15) is 10.0 Å². The number of primary sulfonamides is 1. The molecule has 1 aromatic carbocycles. The van der Waals surface area contributed by atoms with Crippen molar-refractivity contribution in [1.82, 2.24) is 5.32 Å². The highest BCUT2D eigenvalue weighted by Gasteiger charge is 2.13. The van der Waals surface area contributed by atoms with Crippen molar-refractivity contribution in [3.8, 4) is 10.4 Å². The standard InChI is InChI=1S/C16H13FN2O3S3/c17-11-3-1-10(2-4-11)13-6-7-14(24-13)16(20)19-9-12-5-8-15(23-12)25(18,21)22/h1-8H,9H2,(H,19,20)(H2,18,21,22). The Kier molecular flexibility index (Phi) is 5.00. The van der Waals surface area contributed by atoms with Crippen molar-refractivity contribution in [2.24, 2.45) is 5.14 Å². The summed E-state index contributed by atoms with van der Waals surface area (Å²) in [5.74, 6) is -0.572. The smallest absolute Gasteiger partial charge is 0.261 e. The summed E-state index contributed by atoms with van der Waals surface area (Å²) in [5.41, 5.74) is 0.835. The number of hydrogen-bond acceptors (Lipinski definition) is 5. The fourth-order valence-electron chi connectivity index (χ4n) is 2.09. The van der Waals surface area contributed by atoms with Gasteiger partial charge in [0.25, 0.3) is 5.91 Å². The minimum absolute atomic E-state index is 0.0615. The van der Waals surface area contributed by atoms with Crippen LogP contribution in [0.5, 0.6) is 0 Å². The topological polar surface area (TPSA) is 89.3 Å². The number of carbonyl (C=O) groups is 1. The Morgan fingerprint density at radius 2 is 1.76 bits per heavy atom. The maximum absolute atomic E-state index is 13.0. The van der Waals surface area contributed by atoms with Gasteiger partial charge in [-0.25, -0.2) is 17.9 Å². The molecule has 1 amide bonds. The van der Waals surface area contributed by atoms with Gasteiger partial charge in [-0.2, -0.15) is 0 Å². The molecule has 5 nitrogen and oxygen atoms in total. The lowest BCUT2D eigenvalue weighted by atomic mass is 10.2. The van der Waals surface area contributed by atoms with E-state index >= 15 is 0 Å². The first kappa shape index (κ1) is 17.7. The summed E-state index contributed by atoms with van der Waals surface area (Å²) < 4.78 is 35.5. The summed E-state index contributed by atoms with van der Waals surface area (Å²) >= 11 is 2.32. The van der Waals surface area contributed by atoms with E-state index in [-0.39, 0.29) is 22.5 Å². The number of sulfonamides is 1. The van der Waals surface area contributed by atoms with Crippen LogP contribution in [0.15, 0.2) is 52.7 Å². The van der Waals surface area contributed by atoms with Crippen LogP contribution in [0.25, 0.3) is 10.4 Å². The van der Waals surface area contributed by atoms with Gasteiger partial charge in [-0.15, -0.1) is 22.7 Å². The van der Waals surface area contributed by atoms with E-state index in [1.165, 1.54) is 29.5 Å². The van der Waals surface area contributed by atoms with Gasteiger partial charge in [0.15, 0.2) is 0 Å². The van der Waals surface area contributed by atoms with Gasteiger partial charge in [0.2, 0.25) is 10.0 Å². The number of rotatable bonds is 5. The van der Waals surface area contributed by atoms with Crippen LogP contribution >= 0.6 is 22.7 Å². The number of halogens is 1. The molecule has 0 aliphatic heterocycles. The molecular weight excluding hydrogens is 383 g/mol. The molecule has 3 N–H and O–H groups in total. The molecular formula is C16H13FN2O3S3. The van der Waals surface area contributed by atoms with Gasteiger partial charge in [-0.05, 0) is 42.0 Å². The van der Waals surface area contributed by atoms with E-state index in [0.29, 0.717) is 9.75 Å². The lowest BCUT2D eigenvalue weighted by molar-refractivity contribution is 0.0955. The van der Waals surface area contributed by atoms with E-state index in [2.05, 4.69) is 5.32 Å². The van der Waals surface area contributed by atoms with Gasteiger partial charge in [-0.3, -0.25) is 4.79 Å². The van der Waals surface area contributed by atoms with E-state index in [4.69, 9.17) is 5.14 Å². The summed E-state index contributed by atoms with van der Waals surface area (Å²) in [6.07, 6.45) is 0. The van der Waals surface area contributed by atoms with Gasteiger partial charge in [-0.1, -0.05) is 12.1 Å². The monoisotopic (exact) mass is 396 g/mol. The zero-order valence-electron chi connectivity index (χ0n) is 12.7. The molecule has 0 bridgehead atoms. The fourth-order valence-corrected chi connectivity index (χ4v) is 4.74. The number of nitrogens with one attached hydrogen (secondary N) is 1. The van der Waals surface area contributed by atoms with Crippen LogP contribution in [-0.4, -0.2) is 14.3 Å². The molecule has 9 heteroatoms. The summed E-state index contributed by atoms with van der Waals surface area (Å²) in [4.78, 5) is 14.3. The predicted molar refractivity (Wildman–Crippen MR) is 96.6 cm³/mol. The molecule has 0 unspecified atom stereocenters. The third-order valence-corrected chi connectivity index (χ3v) is 6.96. The van der Waals surface area contributed by atoms with E-state index in [1.807, 2.05) is 0 Å². The molecule has 25 heavy (non-hydrogen) atoms. The Hall–Kier alpha value is -2.07. The van der Waals surface area contributed by atoms with E-state index < -0.39 is 10.0 Å². The van der Waals surface area contributed by atoms with Crippen LogP contribution in [0.4, 0.5) is 4.39 Å². The Morgan fingerprint density at radius 1 is 1.04 bits per heavy atom. The lowest BCUT2D eigenvalue weighted by Gasteiger charge is -2.01. The highest BCUT2D eigenvalue weighted by molar-refractivity contribution is 7.91. The average Bonchev–Trinajstić information content (AvgIpc) is 3.22. The second kappa shape index (κ2) is 7.04. The van der Waals surface area contributed by atoms with Crippen LogP contribution in [-0.2, 0) is 16.6 Å². The molecule has 0 atom stereocenters. The normalized spacial score (nSPS) is 11.4. The number of amides is 1. The number of carbonyl (C=O) groups excluding carboxylic acids is 1. The quantitative estimate of drug-likeness (QED) is 0.694. The molecule has 0 aliphatic carbocycles. The van der Waals surface area contributed by atoms with Crippen molar-refractivity contribution < 1.29 is 17.6 Å². The fraction of sp³-hybridized carbons (Fsp3) is 0.0625. The van der Waals surface area contributed by atoms with E-state index in [9.17, 15) is 17.6 Å². The Morgan fingerprint density at radius 3 is 2.40 bits per heavy atom. The maximum atomic E-state index is 13.0. The highest BCUT2D eigenvalue weighted by Crippen LogP contribution is 2.28. The molecule has 0 fully saturated rings. The van der Waals surface area contributed by atoms with Gasteiger partial charge in [0, 0.05) is 9.75 Å². The molecule has 0 saturated heterocycles. The predicted octanol–water partition coefficient (Wildman–Crippen LogP) is 3.19. The van der Waals surface area contributed by atoms with Crippen LogP contribution in [0.3, 0.4) is 0 Å². The summed E-state index contributed by atoms with van der Waals surface area (Å²) in [6.45, 7) is 0.211. The minimum atomic E-state index is -3.72. The van der Waals surface area contributed by atoms with Crippen LogP contribution in [0.2, 0.25) is 0 Å². The molecule has 3 rings (SSSR count). The Balaban J connectivity index is 1.66. The molecule has 2 heterocycles. The first-order chi connectivity index (χ1) is 11.8. The molecule has 3 aromatic rings. The number of hydrogen-bond donors (Lipinski definition) is 2. The highest BCUT2D eigenvalue weighted by atomic mass is 32.2.